The zero-order valence-corrected chi connectivity index (χ0v) is 14.2. The Labute approximate surface area is 146 Å². The van der Waals surface area contributed by atoms with Gasteiger partial charge in [0.1, 0.15) is 0 Å². The van der Waals surface area contributed by atoms with Gasteiger partial charge in [0.25, 0.3) is 0 Å². The molecule has 2 aliphatic rings. The summed E-state index contributed by atoms with van der Waals surface area (Å²) in [5.41, 5.74) is 0.958. The second-order valence-corrected chi connectivity index (χ2v) is 7.18. The fraction of sp³-hybridized carbons (Fsp3) is 0.556. The lowest BCUT2D eigenvalue weighted by Gasteiger charge is -2.39. The van der Waals surface area contributed by atoms with Crippen molar-refractivity contribution in [3.63, 3.8) is 0 Å². The molecule has 24 heavy (non-hydrogen) atoms. The van der Waals surface area contributed by atoms with Crippen LogP contribution in [0.5, 0.6) is 0 Å². The molecule has 1 aromatic rings. The molecule has 0 radical (unpaired) electrons. The molecule has 1 aliphatic heterocycles. The number of aliphatic carboxylic acids is 1. The van der Waals surface area contributed by atoms with Gasteiger partial charge in [-0.05, 0) is 43.4 Å². The van der Waals surface area contributed by atoms with Gasteiger partial charge in [-0.25, -0.2) is 0 Å². The number of carboxylic acids is 1. The number of carbonyl (C=O) groups excluding carboxylic acids is 1. The predicted molar refractivity (Wildman–Crippen MR) is 90.0 cm³/mol. The van der Waals surface area contributed by atoms with Crippen LogP contribution in [0.4, 0.5) is 0 Å². The number of carbonyl (C=O) groups is 2. The highest BCUT2D eigenvalue weighted by molar-refractivity contribution is 6.30. The van der Waals surface area contributed by atoms with Crippen molar-refractivity contribution in [3.05, 3.63) is 34.9 Å². The third-order valence-electron chi connectivity index (χ3n) is 5.44. The summed E-state index contributed by atoms with van der Waals surface area (Å²) in [5, 5.41) is 12.8. The quantitative estimate of drug-likeness (QED) is 0.855. The van der Waals surface area contributed by atoms with E-state index in [9.17, 15) is 9.59 Å². The summed E-state index contributed by atoms with van der Waals surface area (Å²) >= 11 is 5.99. The van der Waals surface area contributed by atoms with Gasteiger partial charge in [-0.15, -0.1) is 0 Å². The highest BCUT2D eigenvalue weighted by atomic mass is 35.5. The molecule has 1 aromatic carbocycles. The molecule has 0 aromatic heterocycles. The van der Waals surface area contributed by atoms with Gasteiger partial charge in [0.2, 0.25) is 5.91 Å². The molecule has 2 unspecified atom stereocenters. The van der Waals surface area contributed by atoms with Crippen molar-refractivity contribution < 1.29 is 19.4 Å². The largest absolute Gasteiger partial charge is 0.481 e. The van der Waals surface area contributed by atoms with Gasteiger partial charge >= 0.3 is 5.97 Å². The van der Waals surface area contributed by atoms with Gasteiger partial charge in [0.15, 0.2) is 0 Å². The summed E-state index contributed by atoms with van der Waals surface area (Å²) < 4.78 is 5.49. The first-order valence-electron chi connectivity index (χ1n) is 8.36. The van der Waals surface area contributed by atoms with Crippen molar-refractivity contribution in [2.45, 2.75) is 31.1 Å². The zero-order valence-electron chi connectivity index (χ0n) is 13.5. The first-order valence-corrected chi connectivity index (χ1v) is 8.74. The molecule has 3 rings (SSSR count). The van der Waals surface area contributed by atoms with Gasteiger partial charge in [0.05, 0.1) is 11.8 Å². The average Bonchev–Trinajstić information content (AvgIpc) is 2.53. The van der Waals surface area contributed by atoms with Crippen LogP contribution in [0.25, 0.3) is 0 Å². The van der Waals surface area contributed by atoms with Crippen LogP contribution in [0.15, 0.2) is 24.3 Å². The average molecular weight is 352 g/mol. The van der Waals surface area contributed by atoms with Crippen LogP contribution in [0, 0.1) is 11.8 Å². The summed E-state index contributed by atoms with van der Waals surface area (Å²) in [6, 6.07) is 7.73. The maximum absolute atomic E-state index is 12.4. The SMILES string of the molecule is O=C(O)C1CCC1C(=O)NCC1(c2ccc(Cl)cc2)CCOCC1. The van der Waals surface area contributed by atoms with Crippen molar-refractivity contribution in [1.29, 1.82) is 0 Å². The lowest BCUT2D eigenvalue weighted by Crippen LogP contribution is -2.49. The molecule has 2 N–H and O–H groups in total. The van der Waals surface area contributed by atoms with Crippen molar-refractivity contribution >= 4 is 23.5 Å². The standard InChI is InChI=1S/C18H22ClNO4/c19-13-3-1-12(2-4-13)18(7-9-24-10-8-18)11-20-16(21)14-5-6-15(14)17(22)23/h1-4,14-15H,5-11H2,(H,20,21)(H,22,23). The maximum Gasteiger partial charge on any atom is 0.307 e. The Morgan fingerprint density at radius 2 is 1.79 bits per heavy atom. The highest BCUT2D eigenvalue weighted by Crippen LogP contribution is 2.37. The lowest BCUT2D eigenvalue weighted by atomic mass is 9.72. The highest BCUT2D eigenvalue weighted by Gasteiger charge is 2.42. The number of hydrogen-bond donors (Lipinski definition) is 2. The molecule has 0 spiro atoms. The summed E-state index contributed by atoms with van der Waals surface area (Å²) in [4.78, 5) is 23.5. The van der Waals surface area contributed by atoms with E-state index < -0.39 is 17.8 Å². The molecule has 2 atom stereocenters. The number of amides is 1. The predicted octanol–water partition coefficient (Wildman–Crippen LogP) is 2.62. The third-order valence-corrected chi connectivity index (χ3v) is 5.69. The van der Waals surface area contributed by atoms with Crippen molar-refractivity contribution in [2.75, 3.05) is 19.8 Å². The van der Waals surface area contributed by atoms with Crippen LogP contribution >= 0.6 is 11.6 Å². The Hall–Kier alpha value is -1.59. The molecule has 1 aliphatic carbocycles. The Bertz CT molecular complexity index is 610. The first-order chi connectivity index (χ1) is 11.5. The van der Waals surface area contributed by atoms with Gasteiger partial charge in [-0.3, -0.25) is 9.59 Å². The maximum atomic E-state index is 12.4. The second kappa shape index (κ2) is 7.11. The number of ether oxygens (including phenoxy) is 1. The number of carboxylic acid groups (broad SMARTS) is 1. The fourth-order valence-electron chi connectivity index (χ4n) is 3.63. The van der Waals surface area contributed by atoms with E-state index in [0.29, 0.717) is 37.6 Å². The topological polar surface area (TPSA) is 75.6 Å². The number of rotatable bonds is 5. The van der Waals surface area contributed by atoms with Crippen LogP contribution < -0.4 is 5.32 Å². The summed E-state index contributed by atoms with van der Waals surface area (Å²) in [6.45, 7) is 1.80. The number of halogens is 1. The molecule has 2 fully saturated rings. The van der Waals surface area contributed by atoms with Crippen molar-refractivity contribution in [3.8, 4) is 0 Å². The molecule has 5 nitrogen and oxygen atoms in total. The lowest BCUT2D eigenvalue weighted by molar-refractivity contribution is -0.152. The van der Waals surface area contributed by atoms with Gasteiger partial charge in [0, 0.05) is 30.2 Å². The van der Waals surface area contributed by atoms with Crippen LogP contribution in [0.3, 0.4) is 0 Å². The van der Waals surface area contributed by atoms with E-state index >= 15 is 0 Å². The molecule has 0 bridgehead atoms. The van der Waals surface area contributed by atoms with Gasteiger partial charge in [-0.1, -0.05) is 23.7 Å². The van der Waals surface area contributed by atoms with Gasteiger partial charge in [-0.2, -0.15) is 0 Å². The normalized spacial score (nSPS) is 25.5. The number of benzene rings is 1. The van der Waals surface area contributed by atoms with E-state index in [2.05, 4.69) is 5.32 Å². The first kappa shape index (κ1) is 17.2. The van der Waals surface area contributed by atoms with E-state index in [1.165, 1.54) is 0 Å². The van der Waals surface area contributed by atoms with E-state index in [-0.39, 0.29) is 11.3 Å². The third kappa shape index (κ3) is 3.42. The summed E-state index contributed by atoms with van der Waals surface area (Å²) in [6.07, 6.45) is 2.88. The van der Waals surface area contributed by atoms with Crippen molar-refractivity contribution in [2.24, 2.45) is 11.8 Å². The van der Waals surface area contributed by atoms with Crippen molar-refractivity contribution in [1.82, 2.24) is 5.32 Å². The van der Waals surface area contributed by atoms with Crippen LogP contribution in [-0.2, 0) is 19.7 Å². The molecule has 1 amide bonds. The van der Waals surface area contributed by atoms with Crippen LogP contribution in [0.2, 0.25) is 5.02 Å². The number of hydrogen-bond acceptors (Lipinski definition) is 3. The van der Waals surface area contributed by atoms with Gasteiger partial charge < -0.3 is 15.2 Å². The summed E-state index contributed by atoms with van der Waals surface area (Å²) in [7, 11) is 0. The smallest absolute Gasteiger partial charge is 0.307 e. The minimum absolute atomic E-state index is 0.145. The van der Waals surface area contributed by atoms with Crippen LogP contribution in [-0.4, -0.2) is 36.7 Å². The molecular weight excluding hydrogens is 330 g/mol. The Kier molecular flexibility index (Phi) is 5.11. The molecule has 1 saturated carbocycles. The Balaban J connectivity index is 1.70. The minimum atomic E-state index is -0.875. The molecule has 1 saturated heterocycles. The molecule has 130 valence electrons. The Morgan fingerprint density at radius 3 is 2.33 bits per heavy atom. The number of nitrogens with one attached hydrogen (secondary N) is 1. The molecule has 6 heteroatoms. The van der Waals surface area contributed by atoms with E-state index in [4.69, 9.17) is 21.4 Å². The minimum Gasteiger partial charge on any atom is -0.481 e. The monoisotopic (exact) mass is 351 g/mol. The van der Waals surface area contributed by atoms with Crippen LogP contribution in [0.1, 0.15) is 31.2 Å². The Morgan fingerprint density at radius 1 is 1.17 bits per heavy atom. The molecule has 1 heterocycles. The zero-order chi connectivity index (χ0) is 17.2. The fourth-order valence-corrected chi connectivity index (χ4v) is 3.76. The van der Waals surface area contributed by atoms with E-state index in [1.54, 1.807) is 0 Å². The van der Waals surface area contributed by atoms with E-state index in [1.807, 2.05) is 24.3 Å². The van der Waals surface area contributed by atoms with E-state index in [0.717, 1.165) is 18.4 Å². The molecular formula is C18H22ClNO4. The summed E-state index contributed by atoms with van der Waals surface area (Å²) in [5.74, 6) is -1.95. The second-order valence-electron chi connectivity index (χ2n) is 6.75.